The number of aliphatic carboxylic acids is 1. The van der Waals surface area contributed by atoms with Crippen molar-refractivity contribution in [3.63, 3.8) is 0 Å². The number of benzene rings is 1. The Labute approximate surface area is 147 Å². The number of carboxylic acids is 1. The first-order valence-electron chi connectivity index (χ1n) is 8.21. The molecular formula is C17H23NO6S. The van der Waals surface area contributed by atoms with Gasteiger partial charge in [-0.05, 0) is 24.8 Å². The fourth-order valence-corrected chi connectivity index (χ4v) is 5.12. The molecule has 25 heavy (non-hydrogen) atoms. The standard InChI is InChI=1S/C17H23NO6S/c1-24-17(21)13-9-5-6-10-15(13)25(22,23)18-14(16(19)20)11-12-7-3-2-4-8-12/h2-4,7-8,13-15,18H,5-6,9-11H2,1H3,(H,19,20)/t13?,14-,15?/m0/s1. The van der Waals surface area contributed by atoms with Crippen LogP contribution in [0.1, 0.15) is 31.2 Å². The van der Waals surface area contributed by atoms with E-state index in [2.05, 4.69) is 4.72 Å². The zero-order valence-electron chi connectivity index (χ0n) is 14.1. The average Bonchev–Trinajstić information content (AvgIpc) is 2.61. The van der Waals surface area contributed by atoms with Crippen molar-refractivity contribution in [2.75, 3.05) is 7.11 Å². The summed E-state index contributed by atoms with van der Waals surface area (Å²) in [6.07, 6.45) is 2.19. The summed E-state index contributed by atoms with van der Waals surface area (Å²) in [7, 11) is -2.76. The predicted molar refractivity (Wildman–Crippen MR) is 91.4 cm³/mol. The van der Waals surface area contributed by atoms with Crippen LogP contribution < -0.4 is 4.72 Å². The zero-order chi connectivity index (χ0) is 18.4. The zero-order valence-corrected chi connectivity index (χ0v) is 14.9. The van der Waals surface area contributed by atoms with Gasteiger partial charge < -0.3 is 9.84 Å². The number of methoxy groups -OCH3 is 1. The van der Waals surface area contributed by atoms with Crippen LogP contribution >= 0.6 is 0 Å². The Morgan fingerprint density at radius 3 is 2.48 bits per heavy atom. The van der Waals surface area contributed by atoms with Crippen molar-refractivity contribution in [3.05, 3.63) is 35.9 Å². The molecule has 3 atom stereocenters. The van der Waals surface area contributed by atoms with E-state index in [-0.39, 0.29) is 6.42 Å². The Morgan fingerprint density at radius 1 is 1.24 bits per heavy atom. The highest BCUT2D eigenvalue weighted by Crippen LogP contribution is 2.30. The van der Waals surface area contributed by atoms with Crippen LogP contribution in [-0.2, 0) is 30.8 Å². The molecule has 1 saturated carbocycles. The molecule has 0 bridgehead atoms. The first-order chi connectivity index (χ1) is 11.8. The van der Waals surface area contributed by atoms with Gasteiger partial charge in [0, 0.05) is 0 Å². The molecule has 138 valence electrons. The van der Waals surface area contributed by atoms with Crippen LogP contribution in [-0.4, -0.2) is 43.9 Å². The molecule has 0 saturated heterocycles. The van der Waals surface area contributed by atoms with Gasteiger partial charge in [0.2, 0.25) is 10.0 Å². The van der Waals surface area contributed by atoms with Gasteiger partial charge in [-0.15, -0.1) is 0 Å². The summed E-state index contributed by atoms with van der Waals surface area (Å²) in [5.74, 6) is -2.58. The molecule has 1 aromatic rings. The molecule has 7 nitrogen and oxygen atoms in total. The molecule has 2 N–H and O–H groups in total. The molecule has 0 radical (unpaired) electrons. The molecule has 1 aliphatic carbocycles. The molecule has 0 spiro atoms. The van der Waals surface area contributed by atoms with Gasteiger partial charge in [-0.3, -0.25) is 9.59 Å². The molecular weight excluding hydrogens is 346 g/mol. The second-order valence-corrected chi connectivity index (χ2v) is 8.13. The molecule has 0 aromatic heterocycles. The number of sulfonamides is 1. The third kappa shape index (κ3) is 5.02. The number of carbonyl (C=O) groups excluding carboxylic acids is 1. The van der Waals surface area contributed by atoms with Crippen molar-refractivity contribution in [3.8, 4) is 0 Å². The van der Waals surface area contributed by atoms with Crippen molar-refractivity contribution in [1.82, 2.24) is 4.72 Å². The van der Waals surface area contributed by atoms with Crippen molar-refractivity contribution in [2.45, 2.75) is 43.4 Å². The summed E-state index contributed by atoms with van der Waals surface area (Å²) in [4.78, 5) is 23.4. The number of esters is 1. The lowest BCUT2D eigenvalue weighted by molar-refractivity contribution is -0.146. The molecule has 2 rings (SSSR count). The van der Waals surface area contributed by atoms with Crippen LogP contribution in [0.3, 0.4) is 0 Å². The van der Waals surface area contributed by atoms with Crippen LogP contribution in [0.15, 0.2) is 30.3 Å². The molecule has 1 aliphatic rings. The van der Waals surface area contributed by atoms with Crippen LogP contribution in [0.2, 0.25) is 0 Å². The second-order valence-electron chi connectivity index (χ2n) is 6.20. The SMILES string of the molecule is COC(=O)C1CCCCC1S(=O)(=O)N[C@@H](Cc1ccccc1)C(=O)O. The highest BCUT2D eigenvalue weighted by Gasteiger charge is 2.41. The van der Waals surface area contributed by atoms with Gasteiger partial charge in [0.15, 0.2) is 0 Å². The van der Waals surface area contributed by atoms with Crippen molar-refractivity contribution >= 4 is 22.0 Å². The number of hydrogen-bond donors (Lipinski definition) is 2. The van der Waals surface area contributed by atoms with E-state index in [1.807, 2.05) is 0 Å². The normalized spacial score (nSPS) is 22.1. The molecule has 2 unspecified atom stereocenters. The minimum Gasteiger partial charge on any atom is -0.480 e. The average molecular weight is 369 g/mol. The first-order valence-corrected chi connectivity index (χ1v) is 9.75. The maximum absolute atomic E-state index is 12.7. The van der Waals surface area contributed by atoms with Crippen LogP contribution in [0.4, 0.5) is 0 Å². The second kappa shape index (κ2) is 8.44. The van der Waals surface area contributed by atoms with Gasteiger partial charge in [-0.25, -0.2) is 13.1 Å². The lowest BCUT2D eigenvalue weighted by Crippen LogP contribution is -2.50. The maximum atomic E-state index is 12.7. The fourth-order valence-electron chi connectivity index (χ4n) is 3.20. The number of hydrogen-bond acceptors (Lipinski definition) is 5. The first kappa shape index (κ1) is 19.4. The van der Waals surface area contributed by atoms with Gasteiger partial charge in [0.05, 0.1) is 18.3 Å². The summed E-state index contributed by atoms with van der Waals surface area (Å²) < 4.78 is 32.5. The Morgan fingerprint density at radius 2 is 1.88 bits per heavy atom. The number of nitrogens with one attached hydrogen (secondary N) is 1. The highest BCUT2D eigenvalue weighted by molar-refractivity contribution is 7.90. The third-order valence-electron chi connectivity index (χ3n) is 4.49. The van der Waals surface area contributed by atoms with Gasteiger partial charge in [0.1, 0.15) is 6.04 Å². The lowest BCUT2D eigenvalue weighted by Gasteiger charge is -2.30. The third-order valence-corrected chi connectivity index (χ3v) is 6.47. The van der Waals surface area contributed by atoms with Crippen molar-refractivity contribution < 1.29 is 27.9 Å². The fraction of sp³-hybridized carbons (Fsp3) is 0.529. The van der Waals surface area contributed by atoms with Gasteiger partial charge in [0.25, 0.3) is 0 Å². The van der Waals surface area contributed by atoms with E-state index in [1.165, 1.54) is 7.11 Å². The Kier molecular flexibility index (Phi) is 6.55. The molecule has 8 heteroatoms. The summed E-state index contributed by atoms with van der Waals surface area (Å²) in [6, 6.07) is 7.51. The molecule has 1 aromatic carbocycles. The summed E-state index contributed by atoms with van der Waals surface area (Å²) in [5.41, 5.74) is 0.714. The Hall–Kier alpha value is -1.93. The number of ether oxygens (including phenoxy) is 1. The van der Waals surface area contributed by atoms with E-state index >= 15 is 0 Å². The van der Waals surface area contributed by atoms with E-state index in [9.17, 15) is 23.1 Å². The predicted octanol–water partition coefficient (Wildman–Crippen LogP) is 1.33. The summed E-state index contributed by atoms with van der Waals surface area (Å²) in [5, 5.41) is 8.43. The van der Waals surface area contributed by atoms with E-state index in [1.54, 1.807) is 30.3 Å². The minimum absolute atomic E-state index is 0.0328. The van der Waals surface area contributed by atoms with E-state index in [0.29, 0.717) is 24.8 Å². The van der Waals surface area contributed by atoms with Gasteiger partial charge in [-0.2, -0.15) is 0 Å². The molecule has 0 aliphatic heterocycles. The van der Waals surface area contributed by atoms with E-state index in [4.69, 9.17) is 4.74 Å². The topological polar surface area (TPSA) is 110 Å². The number of carboxylic acid groups (broad SMARTS) is 1. The van der Waals surface area contributed by atoms with Crippen LogP contribution in [0, 0.1) is 5.92 Å². The van der Waals surface area contributed by atoms with Crippen LogP contribution in [0.5, 0.6) is 0 Å². The van der Waals surface area contributed by atoms with Crippen LogP contribution in [0.25, 0.3) is 0 Å². The van der Waals surface area contributed by atoms with Crippen molar-refractivity contribution in [2.24, 2.45) is 5.92 Å². The lowest BCUT2D eigenvalue weighted by atomic mass is 9.89. The maximum Gasteiger partial charge on any atom is 0.322 e. The van der Waals surface area contributed by atoms with Gasteiger partial charge in [-0.1, -0.05) is 43.2 Å². The highest BCUT2D eigenvalue weighted by atomic mass is 32.2. The van der Waals surface area contributed by atoms with Crippen molar-refractivity contribution in [1.29, 1.82) is 0 Å². The Balaban J connectivity index is 2.18. The Bertz CT molecular complexity index is 703. The minimum atomic E-state index is -3.98. The number of carbonyl (C=O) groups is 2. The molecule has 0 amide bonds. The summed E-state index contributed by atoms with van der Waals surface area (Å²) >= 11 is 0. The quantitative estimate of drug-likeness (QED) is 0.702. The van der Waals surface area contributed by atoms with E-state index in [0.717, 1.165) is 6.42 Å². The smallest absolute Gasteiger partial charge is 0.322 e. The largest absolute Gasteiger partial charge is 0.480 e. The monoisotopic (exact) mass is 369 g/mol. The van der Waals surface area contributed by atoms with E-state index < -0.39 is 39.2 Å². The van der Waals surface area contributed by atoms with Gasteiger partial charge >= 0.3 is 11.9 Å². The summed E-state index contributed by atoms with van der Waals surface area (Å²) in [6.45, 7) is 0. The number of rotatable bonds is 7. The molecule has 0 heterocycles. The molecule has 1 fully saturated rings.